The number of hydrogen-bond donors (Lipinski definition) is 1. The van der Waals surface area contributed by atoms with E-state index in [0.29, 0.717) is 11.3 Å². The van der Waals surface area contributed by atoms with E-state index in [1.165, 1.54) is 12.7 Å². The highest BCUT2D eigenvalue weighted by atomic mass is 16.5. The zero-order valence-electron chi connectivity index (χ0n) is 14.6. The number of rotatable bonds is 8. The van der Waals surface area contributed by atoms with Gasteiger partial charge in [-0.3, -0.25) is 4.79 Å². The lowest BCUT2D eigenvalue weighted by molar-refractivity contribution is -0.118. The molecule has 0 unspecified atom stereocenters. The molecule has 0 atom stereocenters. The van der Waals surface area contributed by atoms with Gasteiger partial charge in [0.1, 0.15) is 5.75 Å². The molecule has 5 nitrogen and oxygen atoms in total. The molecule has 2 aromatic rings. The molecular formula is C20H23NO4. The molecule has 25 heavy (non-hydrogen) atoms. The van der Waals surface area contributed by atoms with Crippen molar-refractivity contribution in [3.8, 4) is 5.75 Å². The number of nitrogens with one attached hydrogen (secondary N) is 1. The second-order valence-corrected chi connectivity index (χ2v) is 5.65. The second-order valence-electron chi connectivity index (χ2n) is 5.65. The van der Waals surface area contributed by atoms with Gasteiger partial charge in [0.05, 0.1) is 12.7 Å². The average molecular weight is 341 g/mol. The number of hydrogen-bond acceptors (Lipinski definition) is 4. The molecular weight excluding hydrogens is 318 g/mol. The highest BCUT2D eigenvalue weighted by Crippen LogP contribution is 2.14. The van der Waals surface area contributed by atoms with E-state index in [-0.39, 0.29) is 12.5 Å². The fourth-order valence-corrected chi connectivity index (χ4v) is 2.29. The molecule has 132 valence electrons. The quantitative estimate of drug-likeness (QED) is 0.741. The van der Waals surface area contributed by atoms with Gasteiger partial charge in [-0.05, 0) is 54.8 Å². The Bertz CT molecular complexity index is 693. The van der Waals surface area contributed by atoms with Gasteiger partial charge in [-0.1, -0.05) is 25.5 Å². The van der Waals surface area contributed by atoms with Crippen LogP contribution in [-0.2, 0) is 16.0 Å². The van der Waals surface area contributed by atoms with Crippen molar-refractivity contribution in [1.29, 1.82) is 0 Å². The predicted octanol–water partition coefficient (Wildman–Crippen LogP) is 3.83. The molecule has 0 radical (unpaired) electrons. The number of carbonyl (C=O) groups is 2. The molecule has 0 saturated carbocycles. The SMILES string of the molecule is CCCCc1ccc(NC(=O)COc2ccc(C(=O)OC)cc2)cc1. The summed E-state index contributed by atoms with van der Waals surface area (Å²) in [7, 11) is 1.33. The Morgan fingerprint density at radius 1 is 1.00 bits per heavy atom. The molecule has 0 aliphatic heterocycles. The van der Waals surface area contributed by atoms with Crippen molar-refractivity contribution in [3.05, 3.63) is 59.7 Å². The van der Waals surface area contributed by atoms with Crippen molar-refractivity contribution in [2.45, 2.75) is 26.2 Å². The molecule has 0 aliphatic rings. The highest BCUT2D eigenvalue weighted by molar-refractivity contribution is 5.92. The highest BCUT2D eigenvalue weighted by Gasteiger charge is 2.07. The van der Waals surface area contributed by atoms with E-state index in [2.05, 4.69) is 17.0 Å². The smallest absolute Gasteiger partial charge is 0.337 e. The third-order valence-corrected chi connectivity index (χ3v) is 3.70. The Morgan fingerprint density at radius 3 is 2.28 bits per heavy atom. The van der Waals surface area contributed by atoms with Crippen LogP contribution in [0, 0.1) is 0 Å². The zero-order valence-corrected chi connectivity index (χ0v) is 14.6. The van der Waals surface area contributed by atoms with Crippen LogP contribution in [0.15, 0.2) is 48.5 Å². The normalized spacial score (nSPS) is 10.2. The van der Waals surface area contributed by atoms with Gasteiger partial charge in [-0.15, -0.1) is 0 Å². The maximum absolute atomic E-state index is 12.0. The molecule has 0 aromatic heterocycles. The van der Waals surface area contributed by atoms with Crippen molar-refractivity contribution < 1.29 is 19.1 Å². The Balaban J connectivity index is 1.81. The lowest BCUT2D eigenvalue weighted by Crippen LogP contribution is -2.20. The van der Waals surface area contributed by atoms with Gasteiger partial charge in [0.2, 0.25) is 0 Å². The first kappa shape index (κ1) is 18.5. The fraction of sp³-hybridized carbons (Fsp3) is 0.300. The molecule has 2 rings (SSSR count). The number of amides is 1. The minimum atomic E-state index is -0.410. The molecule has 0 heterocycles. The van der Waals surface area contributed by atoms with Gasteiger partial charge in [-0.25, -0.2) is 4.79 Å². The van der Waals surface area contributed by atoms with Crippen LogP contribution in [0.1, 0.15) is 35.7 Å². The second kappa shape index (κ2) is 9.47. The molecule has 0 spiro atoms. The predicted molar refractivity (Wildman–Crippen MR) is 97.0 cm³/mol. The van der Waals surface area contributed by atoms with E-state index >= 15 is 0 Å². The van der Waals surface area contributed by atoms with Gasteiger partial charge in [0, 0.05) is 5.69 Å². The van der Waals surface area contributed by atoms with Crippen LogP contribution in [0.3, 0.4) is 0 Å². The maximum atomic E-state index is 12.0. The first-order chi connectivity index (χ1) is 12.1. The lowest BCUT2D eigenvalue weighted by Gasteiger charge is -2.09. The van der Waals surface area contributed by atoms with E-state index in [9.17, 15) is 9.59 Å². The van der Waals surface area contributed by atoms with Crippen molar-refractivity contribution in [2.24, 2.45) is 0 Å². The van der Waals surface area contributed by atoms with E-state index in [1.807, 2.05) is 24.3 Å². The fourth-order valence-electron chi connectivity index (χ4n) is 2.29. The third kappa shape index (κ3) is 5.95. The van der Waals surface area contributed by atoms with E-state index in [0.717, 1.165) is 24.9 Å². The number of anilines is 1. The van der Waals surface area contributed by atoms with Gasteiger partial charge in [-0.2, -0.15) is 0 Å². The zero-order chi connectivity index (χ0) is 18.1. The number of carbonyl (C=O) groups excluding carboxylic acids is 2. The van der Waals surface area contributed by atoms with Crippen molar-refractivity contribution in [1.82, 2.24) is 0 Å². The Labute approximate surface area is 148 Å². The third-order valence-electron chi connectivity index (χ3n) is 3.70. The summed E-state index contributed by atoms with van der Waals surface area (Å²) in [4.78, 5) is 23.3. The minimum absolute atomic E-state index is 0.102. The monoisotopic (exact) mass is 341 g/mol. The summed E-state index contributed by atoms with van der Waals surface area (Å²) in [5.74, 6) is -0.136. The summed E-state index contributed by atoms with van der Waals surface area (Å²) in [6.07, 6.45) is 3.38. The van der Waals surface area contributed by atoms with Crippen LogP contribution in [0.4, 0.5) is 5.69 Å². The standard InChI is InChI=1S/C20H23NO4/c1-3-4-5-15-6-10-17(11-7-15)21-19(22)14-25-18-12-8-16(9-13-18)20(23)24-2/h6-13H,3-5,14H2,1-2H3,(H,21,22). The van der Waals surface area contributed by atoms with Crippen LogP contribution >= 0.6 is 0 Å². The Kier molecular flexibility index (Phi) is 7.01. The van der Waals surface area contributed by atoms with Crippen molar-refractivity contribution >= 4 is 17.6 Å². The summed E-state index contributed by atoms with van der Waals surface area (Å²) in [6.45, 7) is 2.06. The number of benzene rings is 2. The first-order valence-corrected chi connectivity index (χ1v) is 8.32. The van der Waals surface area contributed by atoms with Crippen LogP contribution in [0.2, 0.25) is 0 Å². The number of aryl methyl sites for hydroxylation is 1. The van der Waals surface area contributed by atoms with Crippen LogP contribution in [0.25, 0.3) is 0 Å². The lowest BCUT2D eigenvalue weighted by atomic mass is 10.1. The average Bonchev–Trinajstić information content (AvgIpc) is 2.65. The van der Waals surface area contributed by atoms with Crippen molar-refractivity contribution in [3.63, 3.8) is 0 Å². The van der Waals surface area contributed by atoms with Gasteiger partial charge >= 0.3 is 5.97 Å². The summed E-state index contributed by atoms with van der Waals surface area (Å²) >= 11 is 0. The van der Waals surface area contributed by atoms with Gasteiger partial charge in [0.25, 0.3) is 5.91 Å². The van der Waals surface area contributed by atoms with E-state index in [1.54, 1.807) is 24.3 Å². The summed E-state index contributed by atoms with van der Waals surface area (Å²) in [6, 6.07) is 14.3. The molecule has 0 fully saturated rings. The minimum Gasteiger partial charge on any atom is -0.484 e. The number of ether oxygens (including phenoxy) is 2. The topological polar surface area (TPSA) is 64.6 Å². The number of methoxy groups -OCH3 is 1. The molecule has 1 N–H and O–H groups in total. The van der Waals surface area contributed by atoms with Gasteiger partial charge < -0.3 is 14.8 Å². The summed E-state index contributed by atoms with van der Waals surface area (Å²) in [5.41, 5.74) is 2.44. The molecule has 2 aromatic carbocycles. The Hall–Kier alpha value is -2.82. The molecule has 5 heteroatoms. The molecule has 0 saturated heterocycles. The summed E-state index contributed by atoms with van der Waals surface area (Å²) < 4.78 is 10.0. The summed E-state index contributed by atoms with van der Waals surface area (Å²) in [5, 5.41) is 2.80. The van der Waals surface area contributed by atoms with E-state index < -0.39 is 5.97 Å². The molecule has 0 bridgehead atoms. The number of unbranched alkanes of at least 4 members (excludes halogenated alkanes) is 1. The van der Waals surface area contributed by atoms with Crippen LogP contribution in [0.5, 0.6) is 5.75 Å². The van der Waals surface area contributed by atoms with E-state index in [4.69, 9.17) is 4.74 Å². The maximum Gasteiger partial charge on any atom is 0.337 e. The largest absolute Gasteiger partial charge is 0.484 e. The van der Waals surface area contributed by atoms with Gasteiger partial charge in [0.15, 0.2) is 6.61 Å². The van der Waals surface area contributed by atoms with Crippen LogP contribution in [-0.4, -0.2) is 25.6 Å². The molecule has 0 aliphatic carbocycles. The number of esters is 1. The van der Waals surface area contributed by atoms with Crippen LogP contribution < -0.4 is 10.1 Å². The Morgan fingerprint density at radius 2 is 1.68 bits per heavy atom. The van der Waals surface area contributed by atoms with Crippen molar-refractivity contribution in [2.75, 3.05) is 19.0 Å². The first-order valence-electron chi connectivity index (χ1n) is 8.32. The molecule has 1 amide bonds.